The molecule has 0 aliphatic carbocycles. The van der Waals surface area contributed by atoms with Crippen LogP contribution in [0.25, 0.3) is 0 Å². The van der Waals surface area contributed by atoms with Gasteiger partial charge in [0.2, 0.25) is 6.23 Å². The standard InChI is InChI=1S/C26H25ClN2O3/c1-3-30-20-13-11-17(12-14-20)22-16-23-21-9-6-10-24(31-4-2)25(21)32-26(29(23)28-22)18-7-5-8-19(27)15-18/h5-15,23,26H,3-4,16H2,1-2H3/t23-,26-/m0/s1. The molecule has 3 aromatic rings. The molecule has 164 valence electrons. The van der Waals surface area contributed by atoms with Crippen molar-refractivity contribution < 1.29 is 14.2 Å². The highest BCUT2D eigenvalue weighted by Crippen LogP contribution is 2.50. The lowest BCUT2D eigenvalue weighted by Crippen LogP contribution is -2.33. The van der Waals surface area contributed by atoms with Gasteiger partial charge in [0, 0.05) is 22.6 Å². The number of hydrogen-bond acceptors (Lipinski definition) is 5. The average Bonchev–Trinajstić information content (AvgIpc) is 3.25. The minimum Gasteiger partial charge on any atom is -0.494 e. The van der Waals surface area contributed by atoms with Gasteiger partial charge < -0.3 is 14.2 Å². The summed E-state index contributed by atoms with van der Waals surface area (Å²) in [6, 6.07) is 22.0. The highest BCUT2D eigenvalue weighted by molar-refractivity contribution is 6.30. The molecule has 2 aliphatic heterocycles. The van der Waals surface area contributed by atoms with Crippen LogP contribution in [0.15, 0.2) is 71.8 Å². The lowest BCUT2D eigenvalue weighted by atomic mass is 9.95. The van der Waals surface area contributed by atoms with Gasteiger partial charge in [-0.3, -0.25) is 0 Å². The predicted octanol–water partition coefficient (Wildman–Crippen LogP) is 6.38. The molecule has 0 radical (unpaired) electrons. The third-order valence-corrected chi connectivity index (χ3v) is 5.95. The summed E-state index contributed by atoms with van der Waals surface area (Å²) >= 11 is 6.31. The van der Waals surface area contributed by atoms with E-state index in [9.17, 15) is 0 Å². The Kier molecular flexibility index (Phi) is 5.66. The van der Waals surface area contributed by atoms with Crippen molar-refractivity contribution in [3.8, 4) is 17.2 Å². The van der Waals surface area contributed by atoms with Crippen LogP contribution in [0.4, 0.5) is 0 Å². The van der Waals surface area contributed by atoms with Crippen LogP contribution in [0.3, 0.4) is 0 Å². The number of para-hydroxylation sites is 1. The molecule has 0 spiro atoms. The Bertz CT molecular complexity index is 1150. The van der Waals surface area contributed by atoms with Gasteiger partial charge in [-0.2, -0.15) is 5.10 Å². The zero-order chi connectivity index (χ0) is 22.1. The third-order valence-electron chi connectivity index (χ3n) is 5.71. The van der Waals surface area contributed by atoms with Crippen LogP contribution in [0.1, 0.15) is 49.2 Å². The highest BCUT2D eigenvalue weighted by Gasteiger charge is 2.42. The molecule has 5 rings (SSSR count). The normalized spacial score (nSPS) is 19.0. The zero-order valence-corrected chi connectivity index (χ0v) is 18.9. The Morgan fingerprint density at radius 3 is 2.53 bits per heavy atom. The Balaban J connectivity index is 1.56. The number of rotatable bonds is 6. The van der Waals surface area contributed by atoms with E-state index in [1.807, 2.05) is 62.4 Å². The Morgan fingerprint density at radius 1 is 1.00 bits per heavy atom. The fourth-order valence-electron chi connectivity index (χ4n) is 4.32. The number of hydrogen-bond donors (Lipinski definition) is 0. The maximum Gasteiger partial charge on any atom is 0.214 e. The van der Waals surface area contributed by atoms with Crippen LogP contribution in [0.2, 0.25) is 5.02 Å². The number of halogens is 1. The van der Waals surface area contributed by atoms with E-state index >= 15 is 0 Å². The van der Waals surface area contributed by atoms with Crippen molar-refractivity contribution in [1.82, 2.24) is 5.01 Å². The summed E-state index contributed by atoms with van der Waals surface area (Å²) in [7, 11) is 0. The lowest BCUT2D eigenvalue weighted by Gasteiger charge is -2.38. The summed E-state index contributed by atoms with van der Waals surface area (Å²) < 4.78 is 18.0. The molecule has 0 saturated carbocycles. The van der Waals surface area contributed by atoms with Crippen LogP contribution in [-0.4, -0.2) is 23.9 Å². The van der Waals surface area contributed by atoms with E-state index in [0.717, 1.165) is 46.1 Å². The van der Waals surface area contributed by atoms with Crippen molar-refractivity contribution in [1.29, 1.82) is 0 Å². The maximum absolute atomic E-state index is 6.52. The molecular formula is C26H25ClN2O3. The van der Waals surface area contributed by atoms with Gasteiger partial charge in [0.15, 0.2) is 11.5 Å². The van der Waals surface area contributed by atoms with Crippen molar-refractivity contribution in [2.75, 3.05) is 13.2 Å². The summed E-state index contributed by atoms with van der Waals surface area (Å²) in [6.07, 6.45) is 0.379. The molecule has 3 aromatic carbocycles. The third kappa shape index (κ3) is 3.78. The maximum atomic E-state index is 6.52. The second-order valence-corrected chi connectivity index (χ2v) is 8.17. The van der Waals surface area contributed by atoms with Crippen LogP contribution < -0.4 is 14.2 Å². The van der Waals surface area contributed by atoms with E-state index in [4.69, 9.17) is 30.9 Å². The summed E-state index contributed by atoms with van der Waals surface area (Å²) in [5.74, 6) is 2.40. The first-order valence-corrected chi connectivity index (χ1v) is 11.3. The molecule has 0 N–H and O–H groups in total. The molecule has 2 heterocycles. The first-order chi connectivity index (χ1) is 15.7. The highest BCUT2D eigenvalue weighted by atomic mass is 35.5. The van der Waals surface area contributed by atoms with Crippen LogP contribution in [0, 0.1) is 0 Å². The second kappa shape index (κ2) is 8.75. The topological polar surface area (TPSA) is 43.3 Å². The van der Waals surface area contributed by atoms with Gasteiger partial charge >= 0.3 is 0 Å². The number of benzene rings is 3. The molecule has 2 aliphatic rings. The van der Waals surface area contributed by atoms with E-state index in [1.165, 1.54) is 0 Å². The minimum absolute atomic E-state index is 0.0460. The van der Waals surface area contributed by atoms with Gasteiger partial charge in [0.05, 0.1) is 25.0 Å². The number of ether oxygens (including phenoxy) is 3. The Labute approximate surface area is 193 Å². The molecule has 32 heavy (non-hydrogen) atoms. The fraction of sp³-hybridized carbons (Fsp3) is 0.269. The van der Waals surface area contributed by atoms with E-state index in [-0.39, 0.29) is 6.04 Å². The smallest absolute Gasteiger partial charge is 0.214 e. The first kappa shape index (κ1) is 20.7. The molecule has 6 heteroatoms. The number of nitrogens with zero attached hydrogens (tertiary/aromatic N) is 2. The Morgan fingerprint density at radius 2 is 1.78 bits per heavy atom. The lowest BCUT2D eigenvalue weighted by molar-refractivity contribution is -0.0212. The van der Waals surface area contributed by atoms with Gasteiger partial charge in [-0.1, -0.05) is 35.9 Å². The van der Waals surface area contributed by atoms with Crippen molar-refractivity contribution in [2.24, 2.45) is 5.10 Å². The van der Waals surface area contributed by atoms with Crippen molar-refractivity contribution in [3.05, 3.63) is 88.4 Å². The van der Waals surface area contributed by atoms with Crippen molar-refractivity contribution in [2.45, 2.75) is 32.5 Å². The van der Waals surface area contributed by atoms with Crippen LogP contribution >= 0.6 is 11.6 Å². The fourth-order valence-corrected chi connectivity index (χ4v) is 4.52. The van der Waals surface area contributed by atoms with E-state index in [1.54, 1.807) is 0 Å². The first-order valence-electron chi connectivity index (χ1n) is 10.9. The molecule has 0 unspecified atom stereocenters. The SMILES string of the molecule is CCOc1ccc(C2=NN3[C@@H](C2)c2cccc(OCC)c2O[C@H]3c2cccc(Cl)c2)cc1. The molecule has 0 saturated heterocycles. The van der Waals surface area contributed by atoms with Crippen molar-refractivity contribution in [3.63, 3.8) is 0 Å². The molecule has 0 fully saturated rings. The van der Waals surface area contributed by atoms with Crippen molar-refractivity contribution >= 4 is 17.3 Å². The largest absolute Gasteiger partial charge is 0.494 e. The summed E-state index contributed by atoms with van der Waals surface area (Å²) in [4.78, 5) is 0. The molecule has 2 atom stereocenters. The number of hydrazone groups is 1. The number of fused-ring (bicyclic) bond motifs is 3. The molecule has 5 nitrogen and oxygen atoms in total. The summed E-state index contributed by atoms with van der Waals surface area (Å²) in [5, 5.41) is 7.74. The molecule has 0 amide bonds. The van der Waals surface area contributed by atoms with Gasteiger partial charge in [-0.15, -0.1) is 0 Å². The summed E-state index contributed by atoms with van der Waals surface area (Å²) in [5.41, 5.74) is 4.13. The van der Waals surface area contributed by atoms with Gasteiger partial charge in [-0.25, -0.2) is 5.01 Å². The zero-order valence-electron chi connectivity index (χ0n) is 18.1. The second-order valence-electron chi connectivity index (χ2n) is 7.74. The predicted molar refractivity (Wildman–Crippen MR) is 126 cm³/mol. The summed E-state index contributed by atoms with van der Waals surface area (Å²) in [6.45, 7) is 5.18. The minimum atomic E-state index is -0.395. The monoisotopic (exact) mass is 448 g/mol. The van der Waals surface area contributed by atoms with E-state index in [0.29, 0.717) is 18.2 Å². The van der Waals surface area contributed by atoms with Crippen LogP contribution in [-0.2, 0) is 0 Å². The molecule has 0 bridgehead atoms. The Hall–Kier alpha value is -3.18. The van der Waals surface area contributed by atoms with E-state index in [2.05, 4.69) is 23.2 Å². The van der Waals surface area contributed by atoms with Gasteiger partial charge in [0.1, 0.15) is 5.75 Å². The van der Waals surface area contributed by atoms with Gasteiger partial charge in [-0.05, 0) is 61.9 Å². The van der Waals surface area contributed by atoms with E-state index < -0.39 is 6.23 Å². The van der Waals surface area contributed by atoms with Gasteiger partial charge in [0.25, 0.3) is 0 Å². The molecular weight excluding hydrogens is 424 g/mol. The van der Waals surface area contributed by atoms with Crippen LogP contribution in [0.5, 0.6) is 17.2 Å². The average molecular weight is 449 g/mol. The molecule has 0 aromatic heterocycles. The quantitative estimate of drug-likeness (QED) is 0.439.